The van der Waals surface area contributed by atoms with Crippen LogP contribution in [-0.2, 0) is 11.3 Å². The maximum Gasteiger partial charge on any atom is 0.262 e. The van der Waals surface area contributed by atoms with Gasteiger partial charge in [-0.25, -0.2) is 13.2 Å². The van der Waals surface area contributed by atoms with Gasteiger partial charge in [0.1, 0.15) is 5.82 Å². The van der Waals surface area contributed by atoms with Crippen LogP contribution in [0.15, 0.2) is 18.3 Å². The van der Waals surface area contributed by atoms with Crippen molar-refractivity contribution in [2.24, 2.45) is 0 Å². The van der Waals surface area contributed by atoms with Crippen LogP contribution < -0.4 is 10.6 Å². The summed E-state index contributed by atoms with van der Waals surface area (Å²) in [5, 5.41) is 4.93. The van der Waals surface area contributed by atoms with Crippen molar-refractivity contribution in [3.63, 3.8) is 0 Å². The standard InChI is InChI=1S/C11H12F3N3O.2ClH/c12-7-1-2-8(15-4-7)5-16-10(18)9-3-11(13,14)6-17-9;;/h1-2,4,9,17H,3,5-6H2,(H,16,18);2*1H. The summed E-state index contributed by atoms with van der Waals surface area (Å²) < 4.78 is 38.3. The average molecular weight is 332 g/mol. The zero-order valence-corrected chi connectivity index (χ0v) is 11.9. The molecule has 114 valence electrons. The third-order valence-electron chi connectivity index (χ3n) is 2.66. The van der Waals surface area contributed by atoms with Crippen molar-refractivity contribution in [1.82, 2.24) is 15.6 Å². The largest absolute Gasteiger partial charge is 0.349 e. The first kappa shape index (κ1) is 18.9. The van der Waals surface area contributed by atoms with Crippen LogP contribution in [-0.4, -0.2) is 29.4 Å². The number of amides is 1. The van der Waals surface area contributed by atoms with Crippen molar-refractivity contribution in [3.8, 4) is 0 Å². The predicted molar refractivity (Wildman–Crippen MR) is 71.9 cm³/mol. The molecule has 4 nitrogen and oxygen atoms in total. The van der Waals surface area contributed by atoms with E-state index in [2.05, 4.69) is 15.6 Å². The van der Waals surface area contributed by atoms with Crippen molar-refractivity contribution in [3.05, 3.63) is 29.8 Å². The third kappa shape index (κ3) is 5.15. The smallest absolute Gasteiger partial charge is 0.262 e. The number of carbonyl (C=O) groups excluding carboxylic acids is 1. The first-order valence-corrected chi connectivity index (χ1v) is 5.46. The molecular weight excluding hydrogens is 318 g/mol. The van der Waals surface area contributed by atoms with E-state index in [0.717, 1.165) is 6.20 Å². The summed E-state index contributed by atoms with van der Waals surface area (Å²) in [4.78, 5) is 15.3. The molecule has 9 heteroatoms. The van der Waals surface area contributed by atoms with Gasteiger partial charge in [-0.2, -0.15) is 0 Å². The van der Waals surface area contributed by atoms with Gasteiger partial charge in [0.2, 0.25) is 5.91 Å². The summed E-state index contributed by atoms with van der Waals surface area (Å²) in [6.07, 6.45) is 0.527. The van der Waals surface area contributed by atoms with E-state index in [9.17, 15) is 18.0 Å². The number of alkyl halides is 2. The highest BCUT2D eigenvalue weighted by Crippen LogP contribution is 2.24. The van der Waals surface area contributed by atoms with Gasteiger partial charge in [0.15, 0.2) is 0 Å². The molecule has 1 unspecified atom stereocenters. The first-order valence-electron chi connectivity index (χ1n) is 5.46. The molecule has 1 fully saturated rings. The van der Waals surface area contributed by atoms with Crippen molar-refractivity contribution in [2.45, 2.75) is 24.9 Å². The van der Waals surface area contributed by atoms with Gasteiger partial charge in [0, 0.05) is 6.42 Å². The SMILES string of the molecule is Cl.Cl.O=C(NCc1ccc(F)cn1)C1CC(F)(F)CN1. The molecule has 1 aromatic heterocycles. The summed E-state index contributed by atoms with van der Waals surface area (Å²) in [7, 11) is 0. The van der Waals surface area contributed by atoms with E-state index in [-0.39, 0.29) is 31.4 Å². The minimum Gasteiger partial charge on any atom is -0.349 e. The second-order valence-electron chi connectivity index (χ2n) is 4.18. The van der Waals surface area contributed by atoms with Crippen LogP contribution in [0.25, 0.3) is 0 Å². The van der Waals surface area contributed by atoms with Crippen molar-refractivity contribution in [1.29, 1.82) is 0 Å². The molecule has 20 heavy (non-hydrogen) atoms. The zero-order valence-electron chi connectivity index (χ0n) is 10.2. The molecule has 1 aromatic rings. The van der Waals surface area contributed by atoms with Crippen LogP contribution in [0.5, 0.6) is 0 Å². The monoisotopic (exact) mass is 331 g/mol. The Balaban J connectivity index is 0.00000180. The molecule has 0 aromatic carbocycles. The molecule has 0 aliphatic carbocycles. The molecular formula is C11H14Cl2F3N3O. The summed E-state index contributed by atoms with van der Waals surface area (Å²) in [5.41, 5.74) is 0.467. The first-order chi connectivity index (χ1) is 8.46. The third-order valence-corrected chi connectivity index (χ3v) is 2.66. The van der Waals surface area contributed by atoms with E-state index in [0.29, 0.717) is 5.69 Å². The average Bonchev–Trinajstić information content (AvgIpc) is 2.69. The van der Waals surface area contributed by atoms with E-state index in [1.807, 2.05) is 0 Å². The number of hydrogen-bond acceptors (Lipinski definition) is 3. The zero-order chi connectivity index (χ0) is 13.2. The molecule has 1 saturated heterocycles. The Bertz CT molecular complexity index is 445. The maximum atomic E-state index is 12.9. The fourth-order valence-corrected chi connectivity index (χ4v) is 1.71. The Morgan fingerprint density at radius 3 is 2.65 bits per heavy atom. The molecule has 0 saturated carbocycles. The van der Waals surface area contributed by atoms with Crippen LogP contribution in [0.1, 0.15) is 12.1 Å². The molecule has 2 heterocycles. The number of aromatic nitrogens is 1. The number of carbonyl (C=O) groups is 1. The Morgan fingerprint density at radius 2 is 2.15 bits per heavy atom. The molecule has 2 N–H and O–H groups in total. The molecule has 1 amide bonds. The molecule has 2 rings (SSSR count). The predicted octanol–water partition coefficient (Wildman–Crippen LogP) is 1.68. The van der Waals surface area contributed by atoms with Gasteiger partial charge in [-0.3, -0.25) is 15.1 Å². The Kier molecular flexibility index (Phi) is 7.26. The quantitative estimate of drug-likeness (QED) is 0.886. The van der Waals surface area contributed by atoms with Crippen LogP contribution >= 0.6 is 24.8 Å². The number of pyridine rings is 1. The van der Waals surface area contributed by atoms with Gasteiger partial charge in [0.05, 0.1) is 31.0 Å². The number of halogens is 5. The minimum atomic E-state index is -2.84. The van der Waals surface area contributed by atoms with Gasteiger partial charge in [-0.15, -0.1) is 24.8 Å². The van der Waals surface area contributed by atoms with Crippen molar-refractivity contribution >= 4 is 30.7 Å². The van der Waals surface area contributed by atoms with E-state index < -0.39 is 36.7 Å². The normalized spacial score (nSPS) is 19.6. The molecule has 0 radical (unpaired) electrons. The number of rotatable bonds is 3. The lowest BCUT2D eigenvalue weighted by Crippen LogP contribution is -2.40. The molecule has 0 bridgehead atoms. The summed E-state index contributed by atoms with van der Waals surface area (Å²) >= 11 is 0. The van der Waals surface area contributed by atoms with Gasteiger partial charge in [0.25, 0.3) is 5.92 Å². The highest BCUT2D eigenvalue weighted by Gasteiger charge is 2.42. The van der Waals surface area contributed by atoms with Gasteiger partial charge in [-0.05, 0) is 12.1 Å². The highest BCUT2D eigenvalue weighted by atomic mass is 35.5. The lowest BCUT2D eigenvalue weighted by molar-refractivity contribution is -0.123. The lowest BCUT2D eigenvalue weighted by Gasteiger charge is -2.10. The lowest BCUT2D eigenvalue weighted by atomic mass is 10.2. The van der Waals surface area contributed by atoms with Crippen LogP contribution in [0.2, 0.25) is 0 Å². The Morgan fingerprint density at radius 1 is 1.45 bits per heavy atom. The second-order valence-corrected chi connectivity index (χ2v) is 4.18. The topological polar surface area (TPSA) is 54.0 Å². The van der Waals surface area contributed by atoms with Crippen molar-refractivity contribution < 1.29 is 18.0 Å². The number of nitrogens with one attached hydrogen (secondary N) is 2. The van der Waals surface area contributed by atoms with E-state index in [1.54, 1.807) is 0 Å². The number of hydrogen-bond donors (Lipinski definition) is 2. The fraction of sp³-hybridized carbons (Fsp3) is 0.455. The Labute approximate surface area is 126 Å². The summed E-state index contributed by atoms with van der Waals surface area (Å²) in [6, 6.07) is 1.75. The Hall–Kier alpha value is -1.05. The second kappa shape index (κ2) is 7.66. The molecule has 1 aliphatic heterocycles. The fourth-order valence-electron chi connectivity index (χ4n) is 1.71. The minimum absolute atomic E-state index is 0. The van der Waals surface area contributed by atoms with Crippen LogP contribution in [0.3, 0.4) is 0 Å². The maximum absolute atomic E-state index is 12.9. The van der Waals surface area contributed by atoms with E-state index in [1.165, 1.54) is 12.1 Å². The van der Waals surface area contributed by atoms with Gasteiger partial charge in [-0.1, -0.05) is 0 Å². The molecule has 1 atom stereocenters. The molecule has 0 spiro atoms. The number of nitrogens with zero attached hydrogens (tertiary/aromatic N) is 1. The van der Waals surface area contributed by atoms with Crippen molar-refractivity contribution in [2.75, 3.05) is 6.54 Å². The van der Waals surface area contributed by atoms with E-state index >= 15 is 0 Å². The van der Waals surface area contributed by atoms with E-state index in [4.69, 9.17) is 0 Å². The van der Waals surface area contributed by atoms with Crippen LogP contribution in [0.4, 0.5) is 13.2 Å². The van der Waals surface area contributed by atoms with Gasteiger partial charge >= 0.3 is 0 Å². The highest BCUT2D eigenvalue weighted by molar-refractivity contribution is 5.85. The van der Waals surface area contributed by atoms with Crippen LogP contribution in [0, 0.1) is 5.82 Å². The summed E-state index contributed by atoms with van der Waals surface area (Å²) in [5.74, 6) is -3.81. The van der Waals surface area contributed by atoms with Gasteiger partial charge < -0.3 is 5.32 Å². The summed E-state index contributed by atoms with van der Waals surface area (Å²) in [6.45, 7) is -0.400. The molecule has 1 aliphatic rings.